The minimum atomic E-state index is 1.03. The van der Waals surface area contributed by atoms with Crippen LogP contribution in [0, 0.1) is 6.92 Å². The maximum atomic E-state index is 4.67. The fourth-order valence-electron chi connectivity index (χ4n) is 2.61. The van der Waals surface area contributed by atoms with Crippen LogP contribution in [-0.4, -0.2) is 36.0 Å². The van der Waals surface area contributed by atoms with E-state index in [-0.39, 0.29) is 0 Å². The maximum absolute atomic E-state index is 4.67. The molecule has 4 nitrogen and oxygen atoms in total. The first-order chi connectivity index (χ1) is 9.25. The number of piperazine rings is 1. The lowest BCUT2D eigenvalue weighted by molar-refractivity contribution is 0.581. The lowest BCUT2D eigenvalue weighted by Gasteiger charge is -2.27. The number of aromatic nitrogens is 2. The summed E-state index contributed by atoms with van der Waals surface area (Å²) in [7, 11) is 2.02. The molecule has 1 fully saturated rings. The topological polar surface area (TPSA) is 33.1 Å². The van der Waals surface area contributed by atoms with Crippen molar-refractivity contribution in [2.24, 2.45) is 7.05 Å². The monoisotopic (exact) mass is 256 g/mol. The first-order valence-electron chi connectivity index (χ1n) is 6.81. The molecule has 0 radical (unpaired) electrons. The predicted molar refractivity (Wildman–Crippen MR) is 78.5 cm³/mol. The summed E-state index contributed by atoms with van der Waals surface area (Å²) in [6.45, 7) is 6.29. The van der Waals surface area contributed by atoms with Gasteiger partial charge in [-0.05, 0) is 12.5 Å². The van der Waals surface area contributed by atoms with E-state index in [1.807, 2.05) is 11.7 Å². The first kappa shape index (κ1) is 12.2. The van der Waals surface area contributed by atoms with E-state index >= 15 is 0 Å². The molecule has 0 aliphatic carbocycles. The number of rotatable bonds is 2. The number of nitrogens with zero attached hydrogens (tertiary/aromatic N) is 3. The van der Waals surface area contributed by atoms with E-state index in [9.17, 15) is 0 Å². The van der Waals surface area contributed by atoms with Crippen molar-refractivity contribution in [3.8, 4) is 11.3 Å². The Labute approximate surface area is 114 Å². The molecule has 0 bridgehead atoms. The minimum Gasteiger partial charge on any atom is -0.353 e. The van der Waals surface area contributed by atoms with Crippen molar-refractivity contribution in [1.82, 2.24) is 15.1 Å². The second-order valence-corrected chi connectivity index (χ2v) is 5.06. The highest BCUT2D eigenvalue weighted by Gasteiger charge is 2.16. The van der Waals surface area contributed by atoms with Crippen LogP contribution in [0.4, 0.5) is 5.82 Å². The molecule has 4 heteroatoms. The summed E-state index contributed by atoms with van der Waals surface area (Å²) < 4.78 is 1.99. The van der Waals surface area contributed by atoms with E-state index in [0.717, 1.165) is 32.0 Å². The molecule has 0 unspecified atom stereocenters. The Balaban J connectivity index is 1.95. The molecule has 1 aromatic carbocycles. The summed E-state index contributed by atoms with van der Waals surface area (Å²) in [4.78, 5) is 2.35. The highest BCUT2D eigenvalue weighted by molar-refractivity contribution is 5.67. The van der Waals surface area contributed by atoms with E-state index in [0.29, 0.717) is 0 Å². The van der Waals surface area contributed by atoms with Crippen LogP contribution in [0.25, 0.3) is 11.3 Å². The SMILES string of the molecule is Cc1ccccc1-c1cc(N2CCNCC2)nn1C. The Kier molecular flexibility index (Phi) is 3.25. The third-order valence-electron chi connectivity index (χ3n) is 3.73. The van der Waals surface area contributed by atoms with Crippen LogP contribution in [0.2, 0.25) is 0 Å². The number of aryl methyl sites for hydroxylation is 2. The van der Waals surface area contributed by atoms with Gasteiger partial charge in [0.25, 0.3) is 0 Å². The molecule has 0 saturated carbocycles. The molecule has 1 N–H and O–H groups in total. The summed E-state index contributed by atoms with van der Waals surface area (Å²) in [5, 5.41) is 8.04. The van der Waals surface area contributed by atoms with Crippen LogP contribution in [0.5, 0.6) is 0 Å². The van der Waals surface area contributed by atoms with E-state index in [2.05, 4.69) is 52.6 Å². The average Bonchev–Trinajstić information content (AvgIpc) is 2.82. The van der Waals surface area contributed by atoms with E-state index in [1.54, 1.807) is 0 Å². The van der Waals surface area contributed by atoms with E-state index in [1.165, 1.54) is 16.8 Å². The zero-order valence-corrected chi connectivity index (χ0v) is 11.6. The van der Waals surface area contributed by atoms with Crippen molar-refractivity contribution in [1.29, 1.82) is 0 Å². The molecular weight excluding hydrogens is 236 g/mol. The number of anilines is 1. The Hall–Kier alpha value is -1.81. The molecule has 0 amide bonds. The third kappa shape index (κ3) is 2.36. The van der Waals surface area contributed by atoms with Crippen molar-refractivity contribution in [3.05, 3.63) is 35.9 Å². The van der Waals surface area contributed by atoms with Gasteiger partial charge in [-0.1, -0.05) is 24.3 Å². The van der Waals surface area contributed by atoms with Gasteiger partial charge >= 0.3 is 0 Å². The summed E-state index contributed by atoms with van der Waals surface area (Å²) in [6.07, 6.45) is 0. The Bertz CT molecular complexity index is 567. The van der Waals surface area contributed by atoms with Gasteiger partial charge in [0.1, 0.15) is 0 Å². The van der Waals surface area contributed by atoms with Gasteiger partial charge in [-0.2, -0.15) is 5.10 Å². The van der Waals surface area contributed by atoms with E-state index in [4.69, 9.17) is 0 Å². The van der Waals surface area contributed by atoms with Gasteiger partial charge in [0.15, 0.2) is 5.82 Å². The van der Waals surface area contributed by atoms with Crippen LogP contribution in [0.1, 0.15) is 5.56 Å². The van der Waals surface area contributed by atoms with Gasteiger partial charge in [-0.3, -0.25) is 4.68 Å². The highest BCUT2D eigenvalue weighted by atomic mass is 15.4. The number of hydrogen-bond donors (Lipinski definition) is 1. The Morgan fingerprint density at radius 2 is 1.89 bits per heavy atom. The number of benzene rings is 1. The molecule has 3 rings (SSSR count). The van der Waals surface area contributed by atoms with Gasteiger partial charge < -0.3 is 10.2 Å². The zero-order chi connectivity index (χ0) is 13.2. The molecule has 0 atom stereocenters. The maximum Gasteiger partial charge on any atom is 0.151 e. The summed E-state index contributed by atoms with van der Waals surface area (Å²) in [5.74, 6) is 1.09. The average molecular weight is 256 g/mol. The van der Waals surface area contributed by atoms with Crippen LogP contribution in [0.3, 0.4) is 0 Å². The second-order valence-electron chi connectivity index (χ2n) is 5.06. The summed E-state index contributed by atoms with van der Waals surface area (Å²) in [6, 6.07) is 10.7. The molecule has 2 heterocycles. The highest BCUT2D eigenvalue weighted by Crippen LogP contribution is 2.26. The standard InChI is InChI=1S/C15H20N4/c1-12-5-3-4-6-13(12)14-11-15(17-18(14)2)19-9-7-16-8-10-19/h3-6,11,16H,7-10H2,1-2H3. The van der Waals surface area contributed by atoms with Gasteiger partial charge in [0.05, 0.1) is 5.69 Å². The lowest BCUT2D eigenvalue weighted by atomic mass is 10.1. The van der Waals surface area contributed by atoms with Gasteiger partial charge in [-0.15, -0.1) is 0 Å². The molecule has 100 valence electrons. The van der Waals surface area contributed by atoms with Crippen molar-refractivity contribution < 1.29 is 0 Å². The van der Waals surface area contributed by atoms with Crippen LogP contribution < -0.4 is 10.2 Å². The molecule has 1 aliphatic rings. The third-order valence-corrected chi connectivity index (χ3v) is 3.73. The largest absolute Gasteiger partial charge is 0.353 e. The Morgan fingerprint density at radius 1 is 1.16 bits per heavy atom. The van der Waals surface area contributed by atoms with Crippen LogP contribution in [0.15, 0.2) is 30.3 Å². The van der Waals surface area contributed by atoms with Gasteiger partial charge in [0.2, 0.25) is 0 Å². The van der Waals surface area contributed by atoms with Crippen molar-refractivity contribution in [2.45, 2.75) is 6.92 Å². The van der Waals surface area contributed by atoms with E-state index < -0.39 is 0 Å². The Morgan fingerprint density at radius 3 is 2.63 bits per heavy atom. The van der Waals surface area contributed by atoms with Crippen LogP contribution in [-0.2, 0) is 7.05 Å². The number of nitrogens with one attached hydrogen (secondary N) is 1. The molecule has 2 aromatic rings. The lowest BCUT2D eigenvalue weighted by Crippen LogP contribution is -2.43. The summed E-state index contributed by atoms with van der Waals surface area (Å²) >= 11 is 0. The molecule has 1 aliphatic heterocycles. The molecule has 19 heavy (non-hydrogen) atoms. The fraction of sp³-hybridized carbons (Fsp3) is 0.400. The zero-order valence-electron chi connectivity index (χ0n) is 11.6. The quantitative estimate of drug-likeness (QED) is 0.889. The normalized spacial score (nSPS) is 15.8. The number of hydrogen-bond acceptors (Lipinski definition) is 3. The first-order valence-corrected chi connectivity index (χ1v) is 6.81. The molecule has 0 spiro atoms. The second kappa shape index (κ2) is 5.05. The van der Waals surface area contributed by atoms with Crippen molar-refractivity contribution in [3.63, 3.8) is 0 Å². The minimum absolute atomic E-state index is 1.03. The van der Waals surface area contributed by atoms with Gasteiger partial charge in [0, 0.05) is 44.9 Å². The smallest absolute Gasteiger partial charge is 0.151 e. The molecular formula is C15H20N4. The van der Waals surface area contributed by atoms with Crippen molar-refractivity contribution >= 4 is 5.82 Å². The van der Waals surface area contributed by atoms with Crippen LogP contribution >= 0.6 is 0 Å². The predicted octanol–water partition coefficient (Wildman–Crippen LogP) is 1.81. The summed E-state index contributed by atoms with van der Waals surface area (Å²) in [5.41, 5.74) is 3.74. The fourth-order valence-corrected chi connectivity index (χ4v) is 2.61. The molecule has 1 aromatic heterocycles. The molecule has 1 saturated heterocycles. The van der Waals surface area contributed by atoms with Gasteiger partial charge in [-0.25, -0.2) is 0 Å². The van der Waals surface area contributed by atoms with Crippen molar-refractivity contribution in [2.75, 3.05) is 31.1 Å².